The highest BCUT2D eigenvalue weighted by Crippen LogP contribution is 2.05. The largest absolute Gasteiger partial charge is 0.224 e. The highest BCUT2D eigenvalue weighted by Gasteiger charge is 2.02. The summed E-state index contributed by atoms with van der Waals surface area (Å²) in [6, 6.07) is 18.6. The third-order valence-electron chi connectivity index (χ3n) is 2.11. The molecule has 2 aromatic rings. The fraction of sp³-hybridized carbons (Fsp3) is 0.478. The van der Waals surface area contributed by atoms with Crippen LogP contribution in [0.5, 0.6) is 0 Å². The summed E-state index contributed by atoms with van der Waals surface area (Å²) in [4.78, 5) is 0.370. The second-order valence-corrected chi connectivity index (χ2v) is 5.76. The molecule has 0 saturated heterocycles. The van der Waals surface area contributed by atoms with Gasteiger partial charge < -0.3 is 0 Å². The highest BCUT2D eigenvalue weighted by molar-refractivity contribution is 7.90. The van der Waals surface area contributed by atoms with Crippen LogP contribution in [0, 0.1) is 6.92 Å². The smallest absolute Gasteiger partial charge is 0.175 e. The molecule has 0 bridgehead atoms. The number of hydrogen-bond acceptors (Lipinski definition) is 2. The van der Waals surface area contributed by atoms with Gasteiger partial charge in [0.25, 0.3) is 0 Å². The summed E-state index contributed by atoms with van der Waals surface area (Å²) in [5.74, 6) is 0. The average molecular weight is 385 g/mol. The van der Waals surface area contributed by atoms with Crippen molar-refractivity contribution < 1.29 is 8.42 Å². The van der Waals surface area contributed by atoms with Crippen molar-refractivity contribution in [3.05, 3.63) is 66.2 Å². The molecule has 2 aromatic carbocycles. The first-order chi connectivity index (χ1) is 12.0. The summed E-state index contributed by atoms with van der Waals surface area (Å²) in [6.07, 6.45) is 1.20. The molecule has 0 aliphatic carbocycles. The zero-order valence-corrected chi connectivity index (χ0v) is 18.8. The summed E-state index contributed by atoms with van der Waals surface area (Å²) in [5.41, 5.74) is 1.32. The van der Waals surface area contributed by atoms with Crippen molar-refractivity contribution in [2.24, 2.45) is 0 Å². The summed E-state index contributed by atoms with van der Waals surface area (Å²) in [5, 5.41) is 0. The van der Waals surface area contributed by atoms with Crippen molar-refractivity contribution in [2.45, 2.75) is 74.6 Å². The predicted octanol–water partition coefficient (Wildman–Crippen LogP) is 7.83. The van der Waals surface area contributed by atoms with Gasteiger partial charge >= 0.3 is 0 Å². The molecule has 154 valence electrons. The Morgan fingerprint density at radius 2 is 0.846 bits per heavy atom. The van der Waals surface area contributed by atoms with Crippen LogP contribution in [-0.2, 0) is 9.84 Å². The van der Waals surface area contributed by atoms with Gasteiger partial charge in [0.2, 0.25) is 0 Å². The number of hydrogen-bond donors (Lipinski definition) is 0. The van der Waals surface area contributed by atoms with Gasteiger partial charge in [-0.15, -0.1) is 0 Å². The van der Waals surface area contributed by atoms with Gasteiger partial charge in [0, 0.05) is 6.26 Å². The Hall–Kier alpha value is -1.61. The maximum atomic E-state index is 10.8. The molecule has 0 atom stereocenters. The summed E-state index contributed by atoms with van der Waals surface area (Å²) in [6.45, 7) is 18.1. The number of aryl methyl sites for hydroxylation is 1. The van der Waals surface area contributed by atoms with Gasteiger partial charge in [0.1, 0.15) is 0 Å². The van der Waals surface area contributed by atoms with Crippen LogP contribution in [0.1, 0.15) is 68.4 Å². The highest BCUT2D eigenvalue weighted by atomic mass is 32.2. The summed E-state index contributed by atoms with van der Waals surface area (Å²) in [7, 11) is -3.00. The van der Waals surface area contributed by atoms with Crippen LogP contribution in [0.3, 0.4) is 0 Å². The Kier molecular flexibility index (Phi) is 38.5. The Balaban J connectivity index is -0.0000000812. The minimum Gasteiger partial charge on any atom is -0.224 e. The molecule has 0 fully saturated rings. The standard InChI is InChI=1S/C7H8O2S.C7H8.4C2H6.CH4/c1-10(8,9)7-5-3-2-4-6-7;1-7-5-3-2-4-6-7;4*1-2;/h2-6H,1H3;2-6H,1H3;4*1-2H3;1H4. The van der Waals surface area contributed by atoms with Gasteiger partial charge in [-0.2, -0.15) is 0 Å². The van der Waals surface area contributed by atoms with Crippen LogP contribution in [0.4, 0.5) is 0 Å². The molecule has 0 heterocycles. The Bertz CT molecular complexity index is 533. The van der Waals surface area contributed by atoms with Gasteiger partial charge in [-0.25, -0.2) is 8.42 Å². The molecule has 26 heavy (non-hydrogen) atoms. The van der Waals surface area contributed by atoms with Crippen molar-refractivity contribution in [2.75, 3.05) is 6.26 Å². The third-order valence-corrected chi connectivity index (χ3v) is 3.24. The lowest BCUT2D eigenvalue weighted by Crippen LogP contribution is -1.95. The van der Waals surface area contributed by atoms with Crippen molar-refractivity contribution in [3.63, 3.8) is 0 Å². The van der Waals surface area contributed by atoms with Crippen molar-refractivity contribution in [3.8, 4) is 0 Å². The maximum Gasteiger partial charge on any atom is 0.175 e. The molecule has 3 heteroatoms. The summed E-state index contributed by atoms with van der Waals surface area (Å²) >= 11 is 0. The molecule has 0 N–H and O–H groups in total. The zero-order chi connectivity index (χ0) is 20.7. The normalized spacial score (nSPS) is 7.62. The molecule has 0 aromatic heterocycles. The molecule has 2 rings (SSSR count). The predicted molar refractivity (Wildman–Crippen MR) is 123 cm³/mol. The van der Waals surface area contributed by atoms with E-state index in [9.17, 15) is 8.42 Å². The number of sulfone groups is 1. The Morgan fingerprint density at radius 1 is 0.577 bits per heavy atom. The van der Waals surface area contributed by atoms with E-state index in [1.165, 1.54) is 11.8 Å². The van der Waals surface area contributed by atoms with Gasteiger partial charge in [0.05, 0.1) is 4.90 Å². The van der Waals surface area contributed by atoms with E-state index in [0.29, 0.717) is 4.90 Å². The number of benzene rings is 2. The molecule has 0 amide bonds. The first kappa shape index (κ1) is 35.5. The Labute approximate surface area is 165 Å². The van der Waals surface area contributed by atoms with E-state index in [-0.39, 0.29) is 7.43 Å². The molecule has 0 unspecified atom stereocenters. The van der Waals surface area contributed by atoms with E-state index in [1.54, 1.807) is 30.3 Å². The molecule has 0 aliphatic heterocycles. The van der Waals surface area contributed by atoms with Crippen LogP contribution >= 0.6 is 0 Å². The van der Waals surface area contributed by atoms with Crippen LogP contribution < -0.4 is 0 Å². The van der Waals surface area contributed by atoms with Crippen LogP contribution in [0.15, 0.2) is 65.6 Å². The molecule has 0 aliphatic rings. The quantitative estimate of drug-likeness (QED) is 0.502. The van der Waals surface area contributed by atoms with Crippen molar-refractivity contribution in [1.82, 2.24) is 0 Å². The Morgan fingerprint density at radius 3 is 1.00 bits per heavy atom. The van der Waals surface area contributed by atoms with Gasteiger partial charge in [-0.05, 0) is 19.1 Å². The molecule has 2 nitrogen and oxygen atoms in total. The monoisotopic (exact) mass is 384 g/mol. The van der Waals surface area contributed by atoms with Crippen LogP contribution in [0.25, 0.3) is 0 Å². The zero-order valence-electron chi connectivity index (χ0n) is 18.0. The first-order valence-corrected chi connectivity index (χ1v) is 11.2. The van der Waals surface area contributed by atoms with Crippen molar-refractivity contribution >= 4 is 9.84 Å². The molecule has 0 saturated carbocycles. The minimum absolute atomic E-state index is 0. The van der Waals surface area contributed by atoms with E-state index in [0.717, 1.165) is 0 Å². The maximum absolute atomic E-state index is 10.8. The van der Waals surface area contributed by atoms with Gasteiger partial charge in [0.15, 0.2) is 9.84 Å². The minimum atomic E-state index is -3.00. The van der Waals surface area contributed by atoms with E-state index in [2.05, 4.69) is 19.1 Å². The topological polar surface area (TPSA) is 34.1 Å². The van der Waals surface area contributed by atoms with Crippen LogP contribution in [0.2, 0.25) is 0 Å². The second-order valence-electron chi connectivity index (χ2n) is 3.74. The summed E-state index contributed by atoms with van der Waals surface area (Å²) < 4.78 is 21.7. The first-order valence-electron chi connectivity index (χ1n) is 9.27. The molecular formula is C23H44O2S. The molecule has 0 radical (unpaired) electrons. The number of rotatable bonds is 1. The lowest BCUT2D eigenvalue weighted by atomic mass is 10.2. The molecular weight excluding hydrogens is 340 g/mol. The second kappa shape index (κ2) is 28.2. The van der Waals surface area contributed by atoms with Gasteiger partial charge in [-0.3, -0.25) is 0 Å². The lowest BCUT2D eigenvalue weighted by Gasteiger charge is -1.93. The van der Waals surface area contributed by atoms with E-state index in [4.69, 9.17) is 0 Å². The SMILES string of the molecule is C.CC.CC.CC.CC.CS(=O)(=O)c1ccccc1.Cc1ccccc1. The van der Waals surface area contributed by atoms with E-state index < -0.39 is 9.84 Å². The van der Waals surface area contributed by atoms with E-state index >= 15 is 0 Å². The lowest BCUT2D eigenvalue weighted by molar-refractivity contribution is 0.602. The molecule has 0 spiro atoms. The third kappa shape index (κ3) is 24.6. The van der Waals surface area contributed by atoms with E-state index in [1.807, 2.05) is 73.6 Å². The van der Waals surface area contributed by atoms with Crippen LogP contribution in [-0.4, -0.2) is 14.7 Å². The average Bonchev–Trinajstić information content (AvgIpc) is 2.69. The van der Waals surface area contributed by atoms with Gasteiger partial charge in [-0.1, -0.05) is 117 Å². The van der Waals surface area contributed by atoms with Crippen molar-refractivity contribution in [1.29, 1.82) is 0 Å². The fourth-order valence-corrected chi connectivity index (χ4v) is 1.85. The fourth-order valence-electron chi connectivity index (χ4n) is 1.20.